The van der Waals surface area contributed by atoms with Gasteiger partial charge in [-0.15, -0.1) is 0 Å². The SMILES string of the molecule is C[C@H]1CN(CCC(=O)Nc2ccc3c(c2)OCCO3)C[C@H](C)O1. The highest BCUT2D eigenvalue weighted by atomic mass is 16.6. The number of fused-ring (bicyclic) bond motifs is 1. The maximum absolute atomic E-state index is 12.1. The Morgan fingerprint density at radius 2 is 1.87 bits per heavy atom. The molecule has 0 aromatic heterocycles. The summed E-state index contributed by atoms with van der Waals surface area (Å²) >= 11 is 0. The van der Waals surface area contributed by atoms with E-state index in [2.05, 4.69) is 24.1 Å². The van der Waals surface area contributed by atoms with E-state index in [1.165, 1.54) is 0 Å². The van der Waals surface area contributed by atoms with Gasteiger partial charge in [0, 0.05) is 37.8 Å². The van der Waals surface area contributed by atoms with Crippen molar-refractivity contribution in [2.24, 2.45) is 0 Å². The zero-order valence-electron chi connectivity index (χ0n) is 13.7. The van der Waals surface area contributed by atoms with Gasteiger partial charge in [0.1, 0.15) is 13.2 Å². The van der Waals surface area contributed by atoms with Crippen LogP contribution < -0.4 is 14.8 Å². The molecule has 0 radical (unpaired) electrons. The van der Waals surface area contributed by atoms with E-state index in [0.717, 1.165) is 31.1 Å². The Balaban J connectivity index is 1.49. The molecule has 6 nitrogen and oxygen atoms in total. The van der Waals surface area contributed by atoms with E-state index in [4.69, 9.17) is 14.2 Å². The zero-order valence-corrected chi connectivity index (χ0v) is 13.7. The molecule has 0 spiro atoms. The number of morpholine rings is 1. The summed E-state index contributed by atoms with van der Waals surface area (Å²) in [5.41, 5.74) is 0.739. The summed E-state index contributed by atoms with van der Waals surface area (Å²) in [6.07, 6.45) is 0.910. The van der Waals surface area contributed by atoms with E-state index < -0.39 is 0 Å². The molecule has 6 heteroatoms. The molecule has 2 aliphatic rings. The van der Waals surface area contributed by atoms with Gasteiger partial charge in [0.15, 0.2) is 11.5 Å². The van der Waals surface area contributed by atoms with Crippen molar-refractivity contribution in [1.82, 2.24) is 4.90 Å². The van der Waals surface area contributed by atoms with Crippen LogP contribution in [-0.2, 0) is 9.53 Å². The number of carbonyl (C=O) groups excluding carboxylic acids is 1. The van der Waals surface area contributed by atoms with Crippen LogP contribution in [0.25, 0.3) is 0 Å². The third-order valence-corrected chi connectivity index (χ3v) is 3.98. The summed E-state index contributed by atoms with van der Waals surface area (Å²) in [6, 6.07) is 5.48. The number of nitrogens with zero attached hydrogens (tertiary/aromatic N) is 1. The number of rotatable bonds is 4. The van der Waals surface area contributed by atoms with Crippen LogP contribution in [0.4, 0.5) is 5.69 Å². The number of amides is 1. The number of benzene rings is 1. The van der Waals surface area contributed by atoms with Gasteiger partial charge in [-0.05, 0) is 26.0 Å². The van der Waals surface area contributed by atoms with Gasteiger partial charge >= 0.3 is 0 Å². The van der Waals surface area contributed by atoms with Gasteiger partial charge < -0.3 is 19.5 Å². The van der Waals surface area contributed by atoms with E-state index in [1.54, 1.807) is 0 Å². The summed E-state index contributed by atoms with van der Waals surface area (Å²) in [4.78, 5) is 14.4. The minimum Gasteiger partial charge on any atom is -0.486 e. The minimum absolute atomic E-state index is 0.00785. The lowest BCUT2D eigenvalue weighted by atomic mass is 10.2. The van der Waals surface area contributed by atoms with E-state index in [9.17, 15) is 4.79 Å². The van der Waals surface area contributed by atoms with Crippen LogP contribution >= 0.6 is 0 Å². The van der Waals surface area contributed by atoms with E-state index in [1.807, 2.05) is 18.2 Å². The van der Waals surface area contributed by atoms with E-state index in [0.29, 0.717) is 25.4 Å². The Labute approximate surface area is 136 Å². The van der Waals surface area contributed by atoms with Crippen molar-refractivity contribution in [3.8, 4) is 11.5 Å². The fourth-order valence-corrected chi connectivity index (χ4v) is 3.07. The third kappa shape index (κ3) is 4.36. The first-order valence-electron chi connectivity index (χ1n) is 8.17. The van der Waals surface area contributed by atoms with Crippen LogP contribution in [0, 0.1) is 0 Å². The highest BCUT2D eigenvalue weighted by Gasteiger charge is 2.22. The summed E-state index contributed by atoms with van der Waals surface area (Å²) in [7, 11) is 0. The lowest BCUT2D eigenvalue weighted by molar-refractivity contribution is -0.117. The Bertz CT molecular complexity index is 554. The van der Waals surface area contributed by atoms with Crippen LogP contribution in [0.2, 0.25) is 0 Å². The molecule has 1 fully saturated rings. The molecule has 0 saturated carbocycles. The maximum atomic E-state index is 12.1. The molecule has 1 saturated heterocycles. The first-order chi connectivity index (χ1) is 11.1. The Morgan fingerprint density at radius 3 is 2.61 bits per heavy atom. The van der Waals surface area contributed by atoms with Crippen LogP contribution in [0.5, 0.6) is 11.5 Å². The molecule has 1 N–H and O–H groups in total. The molecule has 1 aromatic carbocycles. The van der Waals surface area contributed by atoms with Gasteiger partial charge in [-0.2, -0.15) is 0 Å². The normalized spacial score (nSPS) is 24.3. The Kier molecular flexibility index (Phi) is 5.03. The molecular weight excluding hydrogens is 296 g/mol. The van der Waals surface area contributed by atoms with Crippen molar-refractivity contribution in [1.29, 1.82) is 0 Å². The fourth-order valence-electron chi connectivity index (χ4n) is 3.07. The predicted octanol–water partition coefficient (Wildman–Crippen LogP) is 1.90. The molecule has 0 aliphatic carbocycles. The summed E-state index contributed by atoms with van der Waals surface area (Å²) in [5, 5.41) is 2.92. The van der Waals surface area contributed by atoms with Gasteiger partial charge in [-0.1, -0.05) is 0 Å². The molecule has 2 atom stereocenters. The van der Waals surface area contributed by atoms with Gasteiger partial charge in [0.25, 0.3) is 0 Å². The topological polar surface area (TPSA) is 60.0 Å². The van der Waals surface area contributed by atoms with Crippen molar-refractivity contribution in [2.45, 2.75) is 32.5 Å². The Hall–Kier alpha value is -1.79. The highest BCUT2D eigenvalue weighted by Crippen LogP contribution is 2.32. The molecule has 0 bridgehead atoms. The van der Waals surface area contributed by atoms with Crippen LogP contribution in [0.1, 0.15) is 20.3 Å². The highest BCUT2D eigenvalue weighted by molar-refractivity contribution is 5.91. The number of anilines is 1. The van der Waals surface area contributed by atoms with Crippen LogP contribution in [0.3, 0.4) is 0 Å². The van der Waals surface area contributed by atoms with Crippen molar-refractivity contribution < 1.29 is 19.0 Å². The van der Waals surface area contributed by atoms with Crippen molar-refractivity contribution in [3.63, 3.8) is 0 Å². The third-order valence-electron chi connectivity index (χ3n) is 3.98. The van der Waals surface area contributed by atoms with E-state index in [-0.39, 0.29) is 18.1 Å². The van der Waals surface area contributed by atoms with Crippen molar-refractivity contribution in [3.05, 3.63) is 18.2 Å². The summed E-state index contributed by atoms with van der Waals surface area (Å²) in [6.45, 7) is 7.74. The monoisotopic (exact) mass is 320 g/mol. The molecule has 126 valence electrons. The van der Waals surface area contributed by atoms with Gasteiger partial charge in [-0.3, -0.25) is 9.69 Å². The first kappa shape index (κ1) is 16.1. The first-order valence-corrected chi connectivity index (χ1v) is 8.17. The van der Waals surface area contributed by atoms with Gasteiger partial charge in [-0.25, -0.2) is 0 Å². The number of carbonyl (C=O) groups is 1. The summed E-state index contributed by atoms with van der Waals surface area (Å²) < 4.78 is 16.7. The second kappa shape index (κ2) is 7.19. The molecular formula is C17H24N2O4. The van der Waals surface area contributed by atoms with Crippen molar-refractivity contribution in [2.75, 3.05) is 38.2 Å². The van der Waals surface area contributed by atoms with Crippen LogP contribution in [0.15, 0.2) is 18.2 Å². The molecule has 1 amide bonds. The molecule has 2 aliphatic heterocycles. The zero-order chi connectivity index (χ0) is 16.2. The second-order valence-corrected chi connectivity index (χ2v) is 6.17. The summed E-state index contributed by atoms with van der Waals surface area (Å²) in [5.74, 6) is 1.42. The molecule has 2 heterocycles. The lowest BCUT2D eigenvalue weighted by Gasteiger charge is -2.35. The second-order valence-electron chi connectivity index (χ2n) is 6.17. The molecule has 23 heavy (non-hydrogen) atoms. The number of hydrogen-bond donors (Lipinski definition) is 1. The van der Waals surface area contributed by atoms with Gasteiger partial charge in [0.05, 0.1) is 12.2 Å². The van der Waals surface area contributed by atoms with E-state index >= 15 is 0 Å². The minimum atomic E-state index is 0.00785. The largest absolute Gasteiger partial charge is 0.486 e. The predicted molar refractivity (Wildman–Crippen MR) is 87.1 cm³/mol. The average Bonchev–Trinajstić information content (AvgIpc) is 2.52. The molecule has 0 unspecified atom stereocenters. The molecule has 1 aromatic rings. The Morgan fingerprint density at radius 1 is 1.17 bits per heavy atom. The van der Waals surface area contributed by atoms with Crippen molar-refractivity contribution >= 4 is 11.6 Å². The fraction of sp³-hybridized carbons (Fsp3) is 0.588. The average molecular weight is 320 g/mol. The quantitative estimate of drug-likeness (QED) is 0.918. The number of ether oxygens (including phenoxy) is 3. The standard InChI is InChI=1S/C17H24N2O4/c1-12-10-19(11-13(2)23-12)6-5-17(20)18-14-3-4-15-16(9-14)22-8-7-21-15/h3-4,9,12-13H,5-8,10-11H2,1-2H3,(H,18,20)/t12-,13-/m0/s1. The number of nitrogens with one attached hydrogen (secondary N) is 1. The smallest absolute Gasteiger partial charge is 0.225 e. The number of hydrogen-bond acceptors (Lipinski definition) is 5. The lowest BCUT2D eigenvalue weighted by Crippen LogP contribution is -2.46. The molecule has 3 rings (SSSR count). The van der Waals surface area contributed by atoms with Crippen LogP contribution in [-0.4, -0.2) is 55.9 Å². The maximum Gasteiger partial charge on any atom is 0.225 e. The van der Waals surface area contributed by atoms with Gasteiger partial charge in [0.2, 0.25) is 5.91 Å².